The molecule has 0 aliphatic rings. The van der Waals surface area contributed by atoms with Crippen molar-refractivity contribution in [3.05, 3.63) is 71.3 Å². The van der Waals surface area contributed by atoms with E-state index in [1.54, 1.807) is 0 Å². The quantitative estimate of drug-likeness (QED) is 0.811. The molecule has 0 radical (unpaired) electrons. The lowest BCUT2D eigenvalue weighted by atomic mass is 10.1. The maximum absolute atomic E-state index is 12.3. The molecular weight excluding hydrogens is 330 g/mol. The van der Waals surface area contributed by atoms with Gasteiger partial charge in [0.2, 0.25) is 5.91 Å². The van der Waals surface area contributed by atoms with E-state index in [1.807, 2.05) is 66.4 Å². The molecule has 0 fully saturated rings. The summed E-state index contributed by atoms with van der Waals surface area (Å²) in [6.45, 7) is 3.02. The maximum atomic E-state index is 12.3. The highest BCUT2D eigenvalue weighted by Gasteiger charge is 2.14. The number of thiocarbonyl (C=S) groups is 1. The van der Waals surface area contributed by atoms with Gasteiger partial charge in [-0.2, -0.15) is 5.26 Å². The van der Waals surface area contributed by atoms with E-state index in [9.17, 15) is 4.79 Å². The molecule has 4 nitrogen and oxygen atoms in total. The molecule has 128 valence electrons. The first kappa shape index (κ1) is 18.6. The molecule has 2 aromatic carbocycles. The minimum absolute atomic E-state index is 0.144. The Morgan fingerprint density at radius 2 is 1.84 bits per heavy atom. The Balaban J connectivity index is 1.99. The Labute approximate surface area is 154 Å². The van der Waals surface area contributed by atoms with Gasteiger partial charge in [-0.1, -0.05) is 54.6 Å². The van der Waals surface area contributed by atoms with E-state index >= 15 is 0 Å². The first-order valence-electron chi connectivity index (χ1n) is 8.14. The number of nitrogens with one attached hydrogen (secondary N) is 1. The van der Waals surface area contributed by atoms with Gasteiger partial charge in [0.1, 0.15) is 0 Å². The molecule has 25 heavy (non-hydrogen) atoms. The van der Waals surface area contributed by atoms with E-state index in [-0.39, 0.29) is 12.3 Å². The standard InChI is InChI=1S/C20H21N3OS/c1-16-8-5-6-11-18(16)14-19(24)22-20(25)23(13-7-12-21)15-17-9-3-2-4-10-17/h2-6,8-11H,7,13-15H2,1H3,(H,22,24,25). The highest BCUT2D eigenvalue weighted by molar-refractivity contribution is 7.80. The largest absolute Gasteiger partial charge is 0.344 e. The van der Waals surface area contributed by atoms with Gasteiger partial charge in [-0.3, -0.25) is 4.79 Å². The SMILES string of the molecule is Cc1ccccc1CC(=O)NC(=S)N(CCC#N)Cc1ccccc1. The van der Waals surface area contributed by atoms with Gasteiger partial charge < -0.3 is 10.2 Å². The lowest BCUT2D eigenvalue weighted by Gasteiger charge is -2.24. The number of carbonyl (C=O) groups excluding carboxylic acids is 1. The van der Waals surface area contributed by atoms with Crippen molar-refractivity contribution < 1.29 is 4.79 Å². The molecule has 2 aromatic rings. The molecule has 2 rings (SSSR count). The molecule has 0 saturated carbocycles. The number of hydrogen-bond donors (Lipinski definition) is 1. The highest BCUT2D eigenvalue weighted by atomic mass is 32.1. The zero-order valence-electron chi connectivity index (χ0n) is 14.2. The molecule has 1 N–H and O–H groups in total. The zero-order chi connectivity index (χ0) is 18.1. The monoisotopic (exact) mass is 351 g/mol. The molecule has 1 amide bonds. The van der Waals surface area contributed by atoms with Crippen molar-refractivity contribution in [1.29, 1.82) is 5.26 Å². The summed E-state index contributed by atoms with van der Waals surface area (Å²) >= 11 is 5.40. The van der Waals surface area contributed by atoms with Crippen LogP contribution < -0.4 is 5.32 Å². The van der Waals surface area contributed by atoms with Crippen molar-refractivity contribution in [2.24, 2.45) is 0 Å². The van der Waals surface area contributed by atoms with Crippen LogP contribution in [0, 0.1) is 18.3 Å². The summed E-state index contributed by atoms with van der Waals surface area (Å²) in [6.07, 6.45) is 0.630. The molecule has 0 atom stereocenters. The molecule has 0 saturated heterocycles. The number of rotatable bonds is 6. The molecule has 5 heteroatoms. The first-order chi connectivity index (χ1) is 12.1. The molecule has 0 unspecified atom stereocenters. The van der Waals surface area contributed by atoms with E-state index in [1.165, 1.54) is 0 Å². The van der Waals surface area contributed by atoms with Gasteiger partial charge in [0, 0.05) is 13.1 Å². The Hall–Kier alpha value is -2.71. The summed E-state index contributed by atoms with van der Waals surface area (Å²) in [5, 5.41) is 12.0. The van der Waals surface area contributed by atoms with Crippen LogP contribution >= 0.6 is 12.2 Å². The topological polar surface area (TPSA) is 56.1 Å². The number of nitrogens with zero attached hydrogens (tertiary/aromatic N) is 2. The number of amides is 1. The summed E-state index contributed by atoms with van der Waals surface area (Å²) in [5.41, 5.74) is 3.14. The summed E-state index contributed by atoms with van der Waals surface area (Å²) < 4.78 is 0. The van der Waals surface area contributed by atoms with Gasteiger partial charge in [0.15, 0.2) is 5.11 Å². The van der Waals surface area contributed by atoms with Gasteiger partial charge >= 0.3 is 0 Å². The van der Waals surface area contributed by atoms with Crippen molar-refractivity contribution in [1.82, 2.24) is 10.2 Å². The fourth-order valence-electron chi connectivity index (χ4n) is 2.47. The van der Waals surface area contributed by atoms with E-state index in [0.29, 0.717) is 24.6 Å². The van der Waals surface area contributed by atoms with Gasteiger partial charge in [-0.25, -0.2) is 0 Å². The van der Waals surface area contributed by atoms with Crippen LogP contribution in [0.1, 0.15) is 23.1 Å². The van der Waals surface area contributed by atoms with Crippen LogP contribution in [0.5, 0.6) is 0 Å². The van der Waals surface area contributed by atoms with E-state index in [4.69, 9.17) is 17.5 Å². The number of benzene rings is 2. The van der Waals surface area contributed by atoms with Crippen LogP contribution in [0.15, 0.2) is 54.6 Å². The van der Waals surface area contributed by atoms with Crippen LogP contribution in [-0.2, 0) is 17.8 Å². The van der Waals surface area contributed by atoms with Crippen LogP contribution in [0.25, 0.3) is 0 Å². The highest BCUT2D eigenvalue weighted by Crippen LogP contribution is 2.09. The fourth-order valence-corrected chi connectivity index (χ4v) is 2.73. The van der Waals surface area contributed by atoms with Crippen LogP contribution in [0.4, 0.5) is 0 Å². The summed E-state index contributed by atoms with van der Waals surface area (Å²) in [6, 6.07) is 19.8. The lowest BCUT2D eigenvalue weighted by Crippen LogP contribution is -2.43. The first-order valence-corrected chi connectivity index (χ1v) is 8.55. The van der Waals surface area contributed by atoms with E-state index in [0.717, 1.165) is 16.7 Å². The molecular formula is C20H21N3OS. The second kappa shape index (κ2) is 9.55. The van der Waals surface area contributed by atoms with Crippen molar-refractivity contribution in [3.8, 4) is 6.07 Å². The minimum atomic E-state index is -0.144. The predicted molar refractivity (Wildman–Crippen MR) is 103 cm³/mol. The van der Waals surface area contributed by atoms with Crippen LogP contribution in [0.2, 0.25) is 0 Å². The smallest absolute Gasteiger partial charge is 0.230 e. The average Bonchev–Trinajstić information content (AvgIpc) is 2.61. The normalized spacial score (nSPS) is 9.92. The fraction of sp³-hybridized carbons (Fsp3) is 0.250. The summed E-state index contributed by atoms with van der Waals surface area (Å²) in [5.74, 6) is -0.144. The Bertz CT molecular complexity index is 768. The zero-order valence-corrected chi connectivity index (χ0v) is 15.1. The van der Waals surface area contributed by atoms with Gasteiger partial charge in [-0.05, 0) is 35.8 Å². The van der Waals surface area contributed by atoms with Gasteiger partial charge in [0.25, 0.3) is 0 Å². The Morgan fingerprint density at radius 3 is 2.52 bits per heavy atom. The second-order valence-electron chi connectivity index (χ2n) is 5.77. The van der Waals surface area contributed by atoms with E-state index in [2.05, 4.69) is 11.4 Å². The summed E-state index contributed by atoms with van der Waals surface area (Å²) in [7, 11) is 0. The Kier molecular flexibility index (Phi) is 7.12. The molecule has 0 heterocycles. The number of nitriles is 1. The minimum Gasteiger partial charge on any atom is -0.344 e. The van der Waals surface area contributed by atoms with Crippen molar-refractivity contribution in [3.63, 3.8) is 0 Å². The average molecular weight is 351 g/mol. The molecule has 0 aromatic heterocycles. The number of aryl methyl sites for hydroxylation is 1. The number of hydrogen-bond acceptors (Lipinski definition) is 3. The van der Waals surface area contributed by atoms with Gasteiger partial charge in [-0.15, -0.1) is 0 Å². The second-order valence-corrected chi connectivity index (χ2v) is 6.16. The molecule has 0 bridgehead atoms. The van der Waals surface area contributed by atoms with Crippen LogP contribution in [0.3, 0.4) is 0 Å². The van der Waals surface area contributed by atoms with Crippen molar-refractivity contribution >= 4 is 23.2 Å². The Morgan fingerprint density at radius 1 is 1.16 bits per heavy atom. The molecule has 0 aliphatic carbocycles. The lowest BCUT2D eigenvalue weighted by molar-refractivity contribution is -0.119. The number of carbonyl (C=O) groups is 1. The third kappa shape index (κ3) is 6.02. The molecule has 0 aliphatic heterocycles. The third-order valence-corrected chi connectivity index (χ3v) is 4.22. The molecule has 0 spiro atoms. The van der Waals surface area contributed by atoms with Crippen molar-refractivity contribution in [2.75, 3.05) is 6.54 Å². The maximum Gasteiger partial charge on any atom is 0.230 e. The third-order valence-electron chi connectivity index (χ3n) is 3.86. The van der Waals surface area contributed by atoms with Gasteiger partial charge in [0.05, 0.1) is 18.9 Å². The van der Waals surface area contributed by atoms with Crippen LogP contribution in [-0.4, -0.2) is 22.5 Å². The predicted octanol–water partition coefficient (Wildman–Crippen LogP) is 3.35. The van der Waals surface area contributed by atoms with E-state index < -0.39 is 0 Å². The summed E-state index contributed by atoms with van der Waals surface area (Å²) in [4.78, 5) is 14.2. The van der Waals surface area contributed by atoms with Crippen molar-refractivity contribution in [2.45, 2.75) is 26.3 Å².